The predicted octanol–water partition coefficient (Wildman–Crippen LogP) is 0.292. The molecule has 38 valence electrons. The van der Waals surface area contributed by atoms with E-state index in [2.05, 4.69) is 0 Å². The highest BCUT2D eigenvalue weighted by Gasteiger charge is 2.24. The zero-order chi connectivity index (χ0) is 4.50. The lowest BCUT2D eigenvalue weighted by Crippen LogP contribution is -1.92. The lowest BCUT2D eigenvalue weighted by Gasteiger charge is -1.82. The third-order valence-corrected chi connectivity index (χ3v) is 0. The Balaban J connectivity index is 0. The molecule has 0 spiro atoms. The van der Waals surface area contributed by atoms with E-state index in [1.807, 2.05) is 0 Å². The molecule has 0 rings (SSSR count). The zero-order valence-electron chi connectivity index (χ0n) is 2.01. The van der Waals surface area contributed by atoms with Gasteiger partial charge in [-0.05, 0) is 0 Å². The summed E-state index contributed by atoms with van der Waals surface area (Å²) in [5.74, 6) is 0. The summed E-state index contributed by atoms with van der Waals surface area (Å²) in [6.45, 7) is 0. The maximum absolute atomic E-state index is 9.69. The van der Waals surface area contributed by atoms with Gasteiger partial charge >= 0.3 is 6.43 Å². The van der Waals surface area contributed by atoms with Crippen molar-refractivity contribution in [3.63, 3.8) is 0 Å². The maximum Gasteiger partial charge on any atom is 0.559 e. The van der Waals surface area contributed by atoms with Gasteiger partial charge in [0, 0.05) is 0 Å². The Hall–Kier alpha value is 0.252. The molecule has 5 heteroatoms. The van der Waals surface area contributed by atoms with Gasteiger partial charge in [-0.25, -0.2) is 0 Å². The summed E-state index contributed by atoms with van der Waals surface area (Å²) in [6.07, 6.45) is -5.50. The molecule has 0 nitrogen and oxygen atoms in total. The molecule has 0 fully saturated rings. The minimum atomic E-state index is -5.50. The summed E-state index contributed by atoms with van der Waals surface area (Å²) < 4.78 is 38.8. The normalized spacial score (nSPS) is 10.0. The molecule has 0 unspecified atom stereocenters. The minimum Gasteiger partial charge on any atom is -0.140 e. The van der Waals surface area contributed by atoms with Crippen molar-refractivity contribution in [1.29, 1.82) is 0 Å². The fourth-order valence-electron chi connectivity index (χ4n) is 0. The van der Waals surface area contributed by atoms with E-state index in [1.54, 1.807) is 0 Å². The first-order chi connectivity index (χ1) is 2.00. The van der Waals surface area contributed by atoms with Crippen LogP contribution in [-0.4, -0.2) is 23.8 Å². The van der Waals surface area contributed by atoms with Crippen LogP contribution in [0.5, 0.6) is 0 Å². The quantitative estimate of drug-likeness (QED) is 0.317. The Morgan fingerprint density at radius 2 is 0.833 bits per heavy atom. The van der Waals surface area contributed by atoms with Crippen LogP contribution >= 0.6 is 0 Å². The molecule has 0 heterocycles. The number of hydrogen-bond donors (Lipinski definition) is 0. The van der Waals surface area contributed by atoms with Crippen molar-refractivity contribution in [3.8, 4) is 0 Å². The molecule has 0 aliphatic rings. The van der Waals surface area contributed by atoms with Crippen LogP contribution in [0.1, 0.15) is 0 Å². The minimum absolute atomic E-state index is 0. The molecule has 0 aromatic carbocycles. The first-order valence-corrected chi connectivity index (χ1v) is 0.756. The largest absolute Gasteiger partial charge is 0.559 e. The average Bonchev–Trinajstić information content (AvgIpc) is 0.722. The number of hydrogen-bond acceptors (Lipinski definition) is 0. The van der Waals surface area contributed by atoms with Crippen LogP contribution in [0.4, 0.5) is 17.6 Å². The van der Waals surface area contributed by atoms with Gasteiger partial charge in [-0.3, -0.25) is 0 Å². The van der Waals surface area contributed by atoms with Gasteiger partial charge in [-0.1, -0.05) is 0 Å². The van der Waals surface area contributed by atoms with Crippen LogP contribution in [0.2, 0.25) is 0 Å². The van der Waals surface area contributed by atoms with Crippen molar-refractivity contribution >= 4 is 17.4 Å². The standard InChI is InChI=1S/CF4.Al.3H/c2-1(3,4)5;;;;. The average molecular weight is 118 g/mol. The SMILES string of the molecule is FC(F)(F)F.[AlH3]. The van der Waals surface area contributed by atoms with Crippen LogP contribution in [0.25, 0.3) is 0 Å². The molecule has 0 aliphatic carbocycles. The zero-order valence-corrected chi connectivity index (χ0v) is 2.01. The van der Waals surface area contributed by atoms with Gasteiger partial charge in [-0.2, -0.15) is 0 Å². The third kappa shape index (κ3) is 706. The van der Waals surface area contributed by atoms with E-state index in [-0.39, 0.29) is 17.4 Å². The van der Waals surface area contributed by atoms with E-state index in [0.717, 1.165) is 0 Å². The summed E-state index contributed by atoms with van der Waals surface area (Å²) in [7, 11) is 0. The van der Waals surface area contributed by atoms with Crippen molar-refractivity contribution in [2.75, 3.05) is 0 Å². The van der Waals surface area contributed by atoms with E-state index in [4.69, 9.17) is 0 Å². The molecular weight excluding hydrogens is 115 g/mol. The molecule has 0 N–H and O–H groups in total. The van der Waals surface area contributed by atoms with Crippen molar-refractivity contribution in [2.24, 2.45) is 0 Å². The second-order valence-electron chi connectivity index (χ2n) is 0.429. The van der Waals surface area contributed by atoms with Crippen molar-refractivity contribution in [1.82, 2.24) is 0 Å². The van der Waals surface area contributed by atoms with Crippen LogP contribution in [0, 0.1) is 0 Å². The Morgan fingerprint density at radius 3 is 0.833 bits per heavy atom. The monoisotopic (exact) mass is 118 g/mol. The van der Waals surface area contributed by atoms with E-state index in [0.29, 0.717) is 0 Å². The summed E-state index contributed by atoms with van der Waals surface area (Å²) in [5, 5.41) is 0. The highest BCUT2D eigenvalue weighted by molar-refractivity contribution is 5.75. The van der Waals surface area contributed by atoms with Gasteiger partial charge < -0.3 is 0 Å². The highest BCUT2D eigenvalue weighted by Crippen LogP contribution is 2.13. The summed E-state index contributed by atoms with van der Waals surface area (Å²) in [5.41, 5.74) is 0. The Kier molecular flexibility index (Phi) is 3.86. The topological polar surface area (TPSA) is 0 Å². The fourth-order valence-corrected chi connectivity index (χ4v) is 0. The van der Waals surface area contributed by atoms with Gasteiger partial charge in [0.15, 0.2) is 17.4 Å². The van der Waals surface area contributed by atoms with E-state index in [1.165, 1.54) is 0 Å². The van der Waals surface area contributed by atoms with Crippen molar-refractivity contribution < 1.29 is 17.6 Å². The summed E-state index contributed by atoms with van der Waals surface area (Å²) in [4.78, 5) is 0. The lowest BCUT2D eigenvalue weighted by molar-refractivity contribution is -0.237. The number of halogens is 4. The number of alkyl halides is 4. The van der Waals surface area contributed by atoms with Crippen LogP contribution in [-0.2, 0) is 0 Å². The first-order valence-electron chi connectivity index (χ1n) is 0.756. The van der Waals surface area contributed by atoms with Crippen molar-refractivity contribution in [3.05, 3.63) is 0 Å². The number of rotatable bonds is 0. The Bertz CT molecular complexity index is 23.0. The second-order valence-corrected chi connectivity index (χ2v) is 0.429. The molecule has 0 aliphatic heterocycles. The predicted molar refractivity (Wildman–Crippen MR) is 17.1 cm³/mol. The van der Waals surface area contributed by atoms with Gasteiger partial charge in [0.2, 0.25) is 0 Å². The van der Waals surface area contributed by atoms with Gasteiger partial charge in [0.1, 0.15) is 0 Å². The van der Waals surface area contributed by atoms with Crippen LogP contribution in [0.15, 0.2) is 0 Å². The molecule has 0 aromatic heterocycles. The highest BCUT2D eigenvalue weighted by atomic mass is 27.0. The van der Waals surface area contributed by atoms with E-state index in [9.17, 15) is 17.6 Å². The molecular formula is CH3AlF4. The van der Waals surface area contributed by atoms with Crippen molar-refractivity contribution in [2.45, 2.75) is 6.43 Å². The molecule has 0 aromatic rings. The van der Waals surface area contributed by atoms with E-state index < -0.39 is 6.43 Å². The molecule has 0 saturated heterocycles. The third-order valence-electron chi connectivity index (χ3n) is 0. The fraction of sp³-hybridized carbons (Fsp3) is 1.00. The van der Waals surface area contributed by atoms with Gasteiger partial charge in [-0.15, -0.1) is 17.6 Å². The first kappa shape index (κ1) is 9.54. The van der Waals surface area contributed by atoms with Crippen LogP contribution < -0.4 is 0 Å². The molecule has 0 amide bonds. The second kappa shape index (κ2) is 2.43. The van der Waals surface area contributed by atoms with Gasteiger partial charge in [0.05, 0.1) is 0 Å². The van der Waals surface area contributed by atoms with Crippen LogP contribution in [0.3, 0.4) is 0 Å². The molecule has 0 saturated carbocycles. The van der Waals surface area contributed by atoms with E-state index >= 15 is 0 Å². The summed E-state index contributed by atoms with van der Waals surface area (Å²) >= 11 is 0. The molecule has 6 heavy (non-hydrogen) atoms. The molecule has 0 bridgehead atoms. The Morgan fingerprint density at radius 1 is 0.833 bits per heavy atom. The lowest BCUT2D eigenvalue weighted by atomic mass is 11.5. The van der Waals surface area contributed by atoms with Gasteiger partial charge in [0.25, 0.3) is 0 Å². The smallest absolute Gasteiger partial charge is 0.140 e. The molecule has 0 radical (unpaired) electrons. The maximum atomic E-state index is 9.69. The molecule has 0 atom stereocenters. The Labute approximate surface area is 42.3 Å². The summed E-state index contributed by atoms with van der Waals surface area (Å²) in [6, 6.07) is 0.